The van der Waals surface area contributed by atoms with Gasteiger partial charge in [-0.1, -0.05) is 0 Å². The van der Waals surface area contributed by atoms with Gasteiger partial charge in [0, 0.05) is 33.1 Å². The van der Waals surface area contributed by atoms with E-state index in [1.54, 1.807) is 23.9 Å². The van der Waals surface area contributed by atoms with Crippen molar-refractivity contribution in [2.24, 2.45) is 0 Å². The number of fused-ring (bicyclic) bond motifs is 1. The second-order valence-electron chi connectivity index (χ2n) is 7.42. The molecule has 0 spiro atoms. The first kappa shape index (κ1) is 17.3. The minimum Gasteiger partial charge on any atom is -0.447 e. The molecule has 10 heteroatoms. The fraction of sp³-hybridized carbons (Fsp3) is 0.688. The monoisotopic (exact) mass is 382 g/mol. The average Bonchev–Trinajstić information content (AvgIpc) is 3.20. The number of aromatic nitrogens is 1. The normalized spacial score (nSPS) is 27.3. The van der Waals surface area contributed by atoms with Gasteiger partial charge in [0.05, 0.1) is 23.6 Å². The first-order valence-electron chi connectivity index (χ1n) is 8.71. The number of hydrogen-bond acceptors (Lipinski definition) is 6. The molecule has 0 aromatic carbocycles. The van der Waals surface area contributed by atoms with Crippen LogP contribution in [0.4, 0.5) is 4.79 Å². The molecule has 3 aliphatic rings. The number of urea groups is 1. The number of nitrogens with zero attached hydrogens (tertiary/aromatic N) is 4. The summed E-state index contributed by atoms with van der Waals surface area (Å²) in [4.78, 5) is 34.2. The van der Waals surface area contributed by atoms with Crippen molar-refractivity contribution >= 4 is 21.8 Å². The van der Waals surface area contributed by atoms with Gasteiger partial charge in [0.2, 0.25) is 0 Å². The fourth-order valence-corrected chi connectivity index (χ4v) is 5.87. The lowest BCUT2D eigenvalue weighted by Crippen LogP contribution is -2.63. The quantitative estimate of drug-likeness (QED) is 0.722. The van der Waals surface area contributed by atoms with Gasteiger partial charge < -0.3 is 19.1 Å². The van der Waals surface area contributed by atoms with E-state index in [1.165, 1.54) is 11.3 Å². The predicted molar refractivity (Wildman–Crippen MR) is 91.5 cm³/mol. The topological polar surface area (TPSA) is 104 Å². The van der Waals surface area contributed by atoms with Gasteiger partial charge in [-0.15, -0.1) is 0 Å². The Morgan fingerprint density at radius 2 is 1.77 bits per heavy atom. The molecule has 1 aromatic rings. The van der Waals surface area contributed by atoms with E-state index in [2.05, 4.69) is 4.98 Å². The van der Waals surface area contributed by atoms with E-state index in [0.29, 0.717) is 12.3 Å². The first-order chi connectivity index (χ1) is 12.3. The molecule has 3 amide bonds. The van der Waals surface area contributed by atoms with Gasteiger partial charge in [0.25, 0.3) is 5.91 Å². The van der Waals surface area contributed by atoms with Crippen molar-refractivity contribution in [1.82, 2.24) is 19.7 Å². The van der Waals surface area contributed by atoms with Crippen LogP contribution in [0.3, 0.4) is 0 Å². The fourth-order valence-electron chi connectivity index (χ4n) is 3.89. The Morgan fingerprint density at radius 3 is 2.38 bits per heavy atom. The van der Waals surface area contributed by atoms with E-state index in [0.717, 1.165) is 12.8 Å². The SMILES string of the molecule is CN(C)C(=O)N1CCN(C(=O)c2ncoc2C2CC2)[C@@H]2CS(=O)(=O)C[C@@H]21. The summed E-state index contributed by atoms with van der Waals surface area (Å²) < 4.78 is 29.9. The molecule has 4 rings (SSSR count). The highest BCUT2D eigenvalue weighted by Gasteiger charge is 2.50. The zero-order valence-electron chi connectivity index (χ0n) is 14.8. The molecule has 2 aliphatic heterocycles. The zero-order chi connectivity index (χ0) is 18.6. The van der Waals surface area contributed by atoms with Crippen molar-refractivity contribution < 1.29 is 22.4 Å². The summed E-state index contributed by atoms with van der Waals surface area (Å²) in [6, 6.07) is -1.30. The maximum atomic E-state index is 13.1. The van der Waals surface area contributed by atoms with Gasteiger partial charge in [0.1, 0.15) is 5.76 Å². The third kappa shape index (κ3) is 2.85. The molecular weight excluding hydrogens is 360 g/mol. The van der Waals surface area contributed by atoms with Crippen LogP contribution in [0.5, 0.6) is 0 Å². The largest absolute Gasteiger partial charge is 0.447 e. The molecule has 3 fully saturated rings. The summed E-state index contributed by atoms with van der Waals surface area (Å²) >= 11 is 0. The molecule has 2 atom stereocenters. The number of hydrogen-bond donors (Lipinski definition) is 0. The number of amides is 3. The van der Waals surface area contributed by atoms with E-state index >= 15 is 0 Å². The molecule has 2 saturated heterocycles. The maximum Gasteiger partial charge on any atom is 0.319 e. The summed E-state index contributed by atoms with van der Waals surface area (Å²) in [5.74, 6) is 0.284. The van der Waals surface area contributed by atoms with Crippen LogP contribution in [0, 0.1) is 0 Å². The average molecular weight is 382 g/mol. The summed E-state index contributed by atoms with van der Waals surface area (Å²) in [5, 5.41) is 0. The number of rotatable bonds is 2. The van der Waals surface area contributed by atoms with Crippen molar-refractivity contribution in [3.8, 4) is 0 Å². The highest BCUT2D eigenvalue weighted by molar-refractivity contribution is 7.91. The van der Waals surface area contributed by atoms with Crippen LogP contribution in [0.15, 0.2) is 10.8 Å². The molecule has 0 bridgehead atoms. The number of oxazole rings is 1. The lowest BCUT2D eigenvalue weighted by atomic mass is 10.0. The second-order valence-corrected chi connectivity index (χ2v) is 9.57. The minimum atomic E-state index is -3.32. The lowest BCUT2D eigenvalue weighted by Gasteiger charge is -2.44. The van der Waals surface area contributed by atoms with Crippen LogP contribution < -0.4 is 0 Å². The molecule has 3 heterocycles. The van der Waals surface area contributed by atoms with E-state index < -0.39 is 21.9 Å². The van der Waals surface area contributed by atoms with Gasteiger partial charge in [0.15, 0.2) is 21.9 Å². The molecule has 0 unspecified atom stereocenters. The Labute approximate surface area is 151 Å². The number of carbonyl (C=O) groups excluding carboxylic acids is 2. The van der Waals surface area contributed by atoms with Crippen LogP contribution in [0.2, 0.25) is 0 Å². The van der Waals surface area contributed by atoms with Crippen molar-refractivity contribution in [2.75, 3.05) is 38.7 Å². The highest BCUT2D eigenvalue weighted by Crippen LogP contribution is 2.42. The Morgan fingerprint density at radius 1 is 1.15 bits per heavy atom. The molecule has 0 N–H and O–H groups in total. The number of sulfone groups is 1. The Kier molecular flexibility index (Phi) is 3.98. The predicted octanol–water partition coefficient (Wildman–Crippen LogP) is 0.157. The van der Waals surface area contributed by atoms with Crippen molar-refractivity contribution in [3.63, 3.8) is 0 Å². The van der Waals surface area contributed by atoms with E-state index in [1.807, 2.05) is 0 Å². The first-order valence-corrected chi connectivity index (χ1v) is 10.5. The maximum absolute atomic E-state index is 13.1. The van der Waals surface area contributed by atoms with E-state index in [4.69, 9.17) is 4.42 Å². The Bertz CT molecular complexity index is 845. The van der Waals surface area contributed by atoms with E-state index in [9.17, 15) is 18.0 Å². The summed E-state index contributed by atoms with van der Waals surface area (Å²) in [6.07, 6.45) is 3.22. The van der Waals surface area contributed by atoms with E-state index in [-0.39, 0.29) is 41.6 Å². The molecule has 1 aromatic heterocycles. The van der Waals surface area contributed by atoms with Crippen LogP contribution in [0.1, 0.15) is 35.0 Å². The molecule has 9 nitrogen and oxygen atoms in total. The van der Waals surface area contributed by atoms with Gasteiger partial charge >= 0.3 is 6.03 Å². The minimum absolute atomic E-state index is 0.116. The number of carbonyl (C=O) groups is 2. The summed E-state index contributed by atoms with van der Waals surface area (Å²) in [7, 11) is -0.0514. The highest BCUT2D eigenvalue weighted by atomic mass is 32.2. The Balaban J connectivity index is 1.63. The van der Waals surface area contributed by atoms with Crippen molar-refractivity contribution in [2.45, 2.75) is 30.8 Å². The lowest BCUT2D eigenvalue weighted by molar-refractivity contribution is 0.0387. The number of piperazine rings is 1. The van der Waals surface area contributed by atoms with Gasteiger partial charge in [-0.2, -0.15) is 0 Å². The van der Waals surface area contributed by atoms with Crippen LogP contribution >= 0.6 is 0 Å². The molecule has 0 radical (unpaired) electrons. The summed E-state index contributed by atoms with van der Waals surface area (Å²) in [6.45, 7) is 0.585. The third-order valence-electron chi connectivity index (χ3n) is 5.31. The van der Waals surface area contributed by atoms with Crippen LogP contribution in [0.25, 0.3) is 0 Å². The van der Waals surface area contributed by atoms with Gasteiger partial charge in [-0.3, -0.25) is 4.79 Å². The molecule has 1 aliphatic carbocycles. The van der Waals surface area contributed by atoms with Crippen LogP contribution in [-0.2, 0) is 9.84 Å². The second kappa shape index (κ2) is 5.97. The smallest absolute Gasteiger partial charge is 0.319 e. The Hall–Kier alpha value is -2.10. The molecule has 1 saturated carbocycles. The van der Waals surface area contributed by atoms with Gasteiger partial charge in [-0.05, 0) is 12.8 Å². The van der Waals surface area contributed by atoms with Crippen LogP contribution in [-0.4, -0.2) is 90.8 Å². The van der Waals surface area contributed by atoms with Crippen molar-refractivity contribution in [1.29, 1.82) is 0 Å². The third-order valence-corrected chi connectivity index (χ3v) is 7.01. The standard InChI is InChI=1S/C16H22N4O5S/c1-18(2)16(22)20-6-5-19(11-7-26(23,24)8-12(11)20)15(21)13-14(10-3-4-10)25-9-17-13/h9-12H,3-8H2,1-2H3/t11-,12+/m1/s1. The van der Waals surface area contributed by atoms with Crippen molar-refractivity contribution in [3.05, 3.63) is 17.8 Å². The molecular formula is C16H22N4O5S. The molecule has 142 valence electrons. The molecule has 26 heavy (non-hydrogen) atoms. The zero-order valence-corrected chi connectivity index (χ0v) is 15.6. The van der Waals surface area contributed by atoms with Gasteiger partial charge in [-0.25, -0.2) is 18.2 Å². The summed E-state index contributed by atoms with van der Waals surface area (Å²) in [5.41, 5.74) is 0.280.